The summed E-state index contributed by atoms with van der Waals surface area (Å²) in [6.45, 7) is 1.92. The van der Waals surface area contributed by atoms with Gasteiger partial charge in [0.2, 0.25) is 0 Å². The first-order chi connectivity index (χ1) is 9.91. The van der Waals surface area contributed by atoms with Crippen LogP contribution in [0.3, 0.4) is 0 Å². The number of esters is 1. The van der Waals surface area contributed by atoms with Gasteiger partial charge in [0.25, 0.3) is 0 Å². The van der Waals surface area contributed by atoms with Crippen LogP contribution in [0.2, 0.25) is 0 Å². The lowest BCUT2D eigenvalue weighted by Crippen LogP contribution is -2.08. The van der Waals surface area contributed by atoms with Gasteiger partial charge in [0.05, 0.1) is 24.3 Å². The monoisotopic (exact) mass is 316 g/mol. The number of alkyl halides is 3. The smallest absolute Gasteiger partial charge is 0.417 e. The van der Waals surface area contributed by atoms with Crippen molar-refractivity contribution >= 4 is 17.3 Å². The zero-order chi connectivity index (χ0) is 15.5. The van der Waals surface area contributed by atoms with Gasteiger partial charge >= 0.3 is 12.1 Å². The fraction of sp³-hybridized carbons (Fsp3) is 0.308. The number of thiazole rings is 1. The highest BCUT2D eigenvalue weighted by Crippen LogP contribution is 2.37. The van der Waals surface area contributed by atoms with E-state index in [9.17, 15) is 18.0 Å². The van der Waals surface area contributed by atoms with E-state index in [0.717, 1.165) is 29.8 Å². The summed E-state index contributed by atoms with van der Waals surface area (Å²) in [7, 11) is 0. The van der Waals surface area contributed by atoms with E-state index >= 15 is 0 Å². The highest BCUT2D eigenvalue weighted by atomic mass is 32.1. The molecule has 0 unspecified atom stereocenters. The van der Waals surface area contributed by atoms with Gasteiger partial charge in [-0.25, -0.2) is 4.98 Å². The molecule has 0 N–H and O–H groups in total. The van der Waals surface area contributed by atoms with Crippen LogP contribution in [-0.4, -0.2) is 22.5 Å². The molecule has 0 fully saturated rings. The largest absolute Gasteiger partial charge is 0.466 e. The van der Waals surface area contributed by atoms with Crippen LogP contribution in [0.4, 0.5) is 13.2 Å². The second-order valence-electron chi connectivity index (χ2n) is 4.04. The number of hydrogen-bond acceptors (Lipinski definition) is 5. The van der Waals surface area contributed by atoms with Gasteiger partial charge in [-0.05, 0) is 13.0 Å². The lowest BCUT2D eigenvalue weighted by atomic mass is 10.1. The Morgan fingerprint density at radius 2 is 2.19 bits per heavy atom. The van der Waals surface area contributed by atoms with Gasteiger partial charge in [-0.1, -0.05) is 0 Å². The fourth-order valence-electron chi connectivity index (χ4n) is 1.68. The molecule has 0 saturated heterocycles. The quantitative estimate of drug-likeness (QED) is 0.812. The summed E-state index contributed by atoms with van der Waals surface area (Å²) in [6, 6.07) is 0.905. The molecule has 0 spiro atoms. The third-order valence-electron chi connectivity index (χ3n) is 2.54. The molecular formula is C13H11F3N2O2S. The molecule has 8 heteroatoms. The van der Waals surface area contributed by atoms with E-state index in [1.807, 2.05) is 0 Å². The second-order valence-corrected chi connectivity index (χ2v) is 4.90. The number of carbonyl (C=O) groups is 1. The van der Waals surface area contributed by atoms with Gasteiger partial charge in [0, 0.05) is 23.3 Å². The first-order valence-corrected chi connectivity index (χ1v) is 6.91. The molecule has 0 saturated carbocycles. The average Bonchev–Trinajstić information content (AvgIpc) is 2.86. The van der Waals surface area contributed by atoms with Crippen molar-refractivity contribution in [3.8, 4) is 10.6 Å². The number of ether oxygens (including phenoxy) is 1. The Morgan fingerprint density at radius 1 is 1.43 bits per heavy atom. The number of hydrogen-bond donors (Lipinski definition) is 0. The molecule has 21 heavy (non-hydrogen) atoms. The van der Waals surface area contributed by atoms with E-state index in [1.165, 1.54) is 0 Å². The normalized spacial score (nSPS) is 11.4. The topological polar surface area (TPSA) is 52.1 Å². The molecule has 4 nitrogen and oxygen atoms in total. The number of halogens is 3. The minimum Gasteiger partial charge on any atom is -0.466 e. The van der Waals surface area contributed by atoms with Crippen LogP contribution in [0, 0.1) is 0 Å². The molecule has 0 aliphatic rings. The molecule has 112 valence electrons. The van der Waals surface area contributed by atoms with Crippen molar-refractivity contribution in [2.45, 2.75) is 19.5 Å². The predicted octanol–water partition coefficient (Wildman–Crippen LogP) is 3.33. The SMILES string of the molecule is CCOC(=O)Cc1csc(-c2cnccc2C(F)(F)F)n1. The molecule has 2 aromatic rings. The van der Waals surface area contributed by atoms with Crippen LogP contribution in [0.25, 0.3) is 10.6 Å². The first kappa shape index (κ1) is 15.4. The Labute approximate surface area is 122 Å². The van der Waals surface area contributed by atoms with E-state index in [0.29, 0.717) is 5.69 Å². The Morgan fingerprint density at radius 3 is 2.86 bits per heavy atom. The number of nitrogens with zero attached hydrogens (tertiary/aromatic N) is 2. The molecule has 0 radical (unpaired) electrons. The highest BCUT2D eigenvalue weighted by Gasteiger charge is 2.34. The molecule has 0 atom stereocenters. The van der Waals surface area contributed by atoms with Gasteiger partial charge in [0.1, 0.15) is 5.01 Å². The summed E-state index contributed by atoms with van der Waals surface area (Å²) in [5, 5.41) is 1.72. The van der Waals surface area contributed by atoms with E-state index in [-0.39, 0.29) is 23.6 Å². The number of aromatic nitrogens is 2. The summed E-state index contributed by atoms with van der Waals surface area (Å²) in [5.41, 5.74) is -0.509. The summed E-state index contributed by atoms with van der Waals surface area (Å²) >= 11 is 1.03. The van der Waals surface area contributed by atoms with Crippen molar-refractivity contribution in [2.75, 3.05) is 6.61 Å². The first-order valence-electron chi connectivity index (χ1n) is 6.03. The highest BCUT2D eigenvalue weighted by molar-refractivity contribution is 7.13. The zero-order valence-corrected chi connectivity index (χ0v) is 11.8. The standard InChI is InChI=1S/C13H11F3N2O2S/c1-2-20-11(19)5-8-7-21-12(18-8)9-6-17-4-3-10(9)13(14,15)16/h3-4,6-7H,2,5H2,1H3. The molecule has 0 aliphatic carbocycles. The van der Waals surface area contributed by atoms with E-state index in [4.69, 9.17) is 4.74 Å². The lowest BCUT2D eigenvalue weighted by molar-refractivity contribution is -0.142. The van der Waals surface area contributed by atoms with Crippen molar-refractivity contribution in [1.29, 1.82) is 0 Å². The third kappa shape index (κ3) is 3.78. The molecule has 0 bridgehead atoms. The van der Waals surface area contributed by atoms with Gasteiger partial charge < -0.3 is 4.74 Å². The van der Waals surface area contributed by atoms with E-state index < -0.39 is 17.7 Å². The Hall–Kier alpha value is -1.96. The molecular weight excluding hydrogens is 305 g/mol. The van der Waals surface area contributed by atoms with Crippen LogP contribution in [0.5, 0.6) is 0 Å². The molecule has 2 heterocycles. The maximum atomic E-state index is 12.9. The van der Waals surface area contributed by atoms with Crippen molar-refractivity contribution in [2.24, 2.45) is 0 Å². The van der Waals surface area contributed by atoms with Gasteiger partial charge in [-0.2, -0.15) is 13.2 Å². The van der Waals surface area contributed by atoms with Crippen molar-refractivity contribution in [1.82, 2.24) is 9.97 Å². The Bertz CT molecular complexity index is 640. The minimum absolute atomic E-state index is 0.0635. The summed E-state index contributed by atoms with van der Waals surface area (Å²) < 4.78 is 43.6. The summed E-state index contributed by atoms with van der Waals surface area (Å²) in [5.74, 6) is -0.461. The molecule has 0 aromatic carbocycles. The molecule has 0 aliphatic heterocycles. The van der Waals surface area contributed by atoms with Crippen LogP contribution in [-0.2, 0) is 22.1 Å². The second kappa shape index (κ2) is 6.21. The predicted molar refractivity (Wildman–Crippen MR) is 70.7 cm³/mol. The van der Waals surface area contributed by atoms with Crippen LogP contribution in [0.1, 0.15) is 18.2 Å². The van der Waals surface area contributed by atoms with Crippen LogP contribution >= 0.6 is 11.3 Å². The van der Waals surface area contributed by atoms with Gasteiger partial charge in [0.15, 0.2) is 0 Å². The van der Waals surface area contributed by atoms with E-state index in [1.54, 1.807) is 12.3 Å². The zero-order valence-electron chi connectivity index (χ0n) is 11.0. The maximum absolute atomic E-state index is 12.9. The maximum Gasteiger partial charge on any atom is 0.417 e. The Kier molecular flexibility index (Phi) is 4.56. The van der Waals surface area contributed by atoms with Crippen LogP contribution in [0.15, 0.2) is 23.8 Å². The van der Waals surface area contributed by atoms with Crippen molar-refractivity contribution in [3.05, 3.63) is 35.1 Å². The number of pyridine rings is 1. The molecule has 2 rings (SSSR count). The van der Waals surface area contributed by atoms with Crippen molar-refractivity contribution < 1.29 is 22.7 Å². The van der Waals surface area contributed by atoms with Gasteiger partial charge in [-0.3, -0.25) is 9.78 Å². The van der Waals surface area contributed by atoms with Crippen LogP contribution < -0.4 is 0 Å². The third-order valence-corrected chi connectivity index (χ3v) is 3.46. The Balaban J connectivity index is 2.28. The number of rotatable bonds is 4. The molecule has 2 aromatic heterocycles. The average molecular weight is 316 g/mol. The summed E-state index contributed by atoms with van der Waals surface area (Å²) in [4.78, 5) is 19.1. The minimum atomic E-state index is -4.48. The lowest BCUT2D eigenvalue weighted by Gasteiger charge is -2.09. The number of carbonyl (C=O) groups excluding carboxylic acids is 1. The van der Waals surface area contributed by atoms with Crippen molar-refractivity contribution in [3.63, 3.8) is 0 Å². The van der Waals surface area contributed by atoms with E-state index in [2.05, 4.69) is 9.97 Å². The molecule has 0 amide bonds. The summed E-state index contributed by atoms with van der Waals surface area (Å²) in [6.07, 6.45) is -2.34. The fourth-order valence-corrected chi connectivity index (χ4v) is 2.53. The van der Waals surface area contributed by atoms with Gasteiger partial charge in [-0.15, -0.1) is 11.3 Å².